The highest BCUT2D eigenvalue weighted by Crippen LogP contribution is 1.80. The smallest absolute Gasteiger partial charge is 0.299 e. The van der Waals surface area contributed by atoms with Gasteiger partial charge in [-0.15, -0.1) is 0 Å². The average Bonchev–Trinajstić information content (AvgIpc) is 1.35. The first kappa shape index (κ1) is 5.91. The fourth-order valence-electron chi connectivity index (χ4n) is 0.0412. The van der Waals surface area contributed by atoms with Gasteiger partial charge in [-0.3, -0.25) is 4.79 Å². The summed E-state index contributed by atoms with van der Waals surface area (Å²) in [6, 6.07) is 0. The van der Waals surface area contributed by atoms with Crippen molar-refractivity contribution in [1.29, 1.82) is 0 Å². The summed E-state index contributed by atoms with van der Waals surface area (Å²) in [6.45, 7) is 0.231. The first-order valence-electron chi connectivity index (χ1n) is 1.10. The molecule has 0 aromatic carbocycles. The van der Waals surface area contributed by atoms with E-state index < -0.39 is 0 Å². The second kappa shape index (κ2) is 3.11. The molecule has 0 rings (SSSR count). The molecule has 0 heterocycles. The highest BCUT2D eigenvalue weighted by molar-refractivity contribution is 8.10. The minimum Gasteiger partial charge on any atom is -0.411 e. The fourth-order valence-corrected chi connectivity index (χ4v) is 0.123. The van der Waals surface area contributed by atoms with Crippen LogP contribution in [0.1, 0.15) is 0 Å². The molecule has 0 unspecified atom stereocenters. The van der Waals surface area contributed by atoms with Crippen LogP contribution in [-0.4, -0.2) is 10.9 Å². The van der Waals surface area contributed by atoms with E-state index >= 15 is 0 Å². The molecule has 0 N–H and O–H groups in total. The molecule has 6 heavy (non-hydrogen) atoms. The van der Waals surface area contributed by atoms with Crippen LogP contribution >= 0.6 is 24.8 Å². The minimum atomic E-state index is -0.0509. The summed E-state index contributed by atoms with van der Waals surface area (Å²) in [4.78, 5) is 9.26. The maximum atomic E-state index is 9.26. The number of hydrogen-bond acceptors (Lipinski definition) is 3. The van der Waals surface area contributed by atoms with Gasteiger partial charge in [-0.25, -0.2) is 0 Å². The molecule has 0 atom stereocenters. The number of hydrogen-bond donors (Lipinski definition) is 1. The van der Waals surface area contributed by atoms with E-state index in [1.54, 1.807) is 0 Å². The molecule has 4 heteroatoms. The molecule has 34 valence electrons. The van der Waals surface area contributed by atoms with Crippen molar-refractivity contribution in [3.8, 4) is 0 Å². The Morgan fingerprint density at radius 2 is 2.50 bits per heavy atom. The maximum Gasteiger partial charge on any atom is 0.299 e. The Bertz CT molecular complexity index is 69.9. The Hall–Kier alpha value is -0.0900. The molecule has 0 aromatic heterocycles. The molecule has 0 aliphatic carbocycles. The summed E-state index contributed by atoms with van der Waals surface area (Å²) in [5, 5.41) is 0. The zero-order valence-corrected chi connectivity index (χ0v) is 4.46. The summed E-state index contributed by atoms with van der Waals surface area (Å²) in [5.41, 5.74) is 0. The third-order valence-electron chi connectivity index (χ3n) is 0.149. The van der Waals surface area contributed by atoms with E-state index in [-0.39, 0.29) is 10.9 Å². The summed E-state index contributed by atoms with van der Waals surface area (Å²) in [6.07, 6.45) is 0. The van der Waals surface area contributed by atoms with Crippen LogP contribution < -0.4 is 0 Å². The number of ether oxygens (including phenoxy) is 1. The maximum absolute atomic E-state index is 9.26. The van der Waals surface area contributed by atoms with Crippen LogP contribution in [0.5, 0.6) is 0 Å². The van der Waals surface area contributed by atoms with Crippen molar-refractivity contribution in [3.05, 3.63) is 0 Å². The number of carbonyl (C=O) groups excluding carboxylic acids is 1. The Balaban J connectivity index is 3.05. The normalized spacial score (nSPS) is 6.83. The first-order chi connectivity index (χ1) is 2.77. The molecule has 0 amide bonds. The average molecular weight is 122 g/mol. The molecular weight excluding hydrogens is 120 g/mol. The Morgan fingerprint density at radius 1 is 2.00 bits per heavy atom. The number of thiocarbonyl (C=S) groups is 1. The largest absolute Gasteiger partial charge is 0.411 e. The second-order valence-corrected chi connectivity index (χ2v) is 1.56. The van der Waals surface area contributed by atoms with Crippen molar-refractivity contribution in [2.45, 2.75) is 0 Å². The van der Waals surface area contributed by atoms with Crippen molar-refractivity contribution in [2.24, 2.45) is 0 Å². The van der Waals surface area contributed by atoms with E-state index in [1.165, 1.54) is 0 Å². The van der Waals surface area contributed by atoms with Gasteiger partial charge in [-0.2, -0.15) is 0 Å². The van der Waals surface area contributed by atoms with E-state index in [2.05, 4.69) is 29.6 Å². The van der Waals surface area contributed by atoms with Gasteiger partial charge in [-0.05, 0) is 12.2 Å². The van der Waals surface area contributed by atoms with Crippen molar-refractivity contribution >= 4 is 35.7 Å². The van der Waals surface area contributed by atoms with Gasteiger partial charge in [0.15, 0.2) is 0 Å². The van der Waals surface area contributed by atoms with Crippen molar-refractivity contribution in [3.63, 3.8) is 0 Å². The predicted octanol–water partition coefficient (Wildman–Crippen LogP) is 0.374. The van der Waals surface area contributed by atoms with Gasteiger partial charge in [-0.1, -0.05) is 12.6 Å². The van der Waals surface area contributed by atoms with E-state index in [4.69, 9.17) is 0 Å². The number of carbonyl (C=O) groups is 1. The van der Waals surface area contributed by atoms with Gasteiger partial charge in [0, 0.05) is 0 Å². The van der Waals surface area contributed by atoms with Crippen LogP contribution in [0.4, 0.5) is 0 Å². The van der Waals surface area contributed by atoms with Gasteiger partial charge < -0.3 is 4.74 Å². The Labute approximate surface area is 45.9 Å². The quantitative estimate of drug-likeness (QED) is 0.309. The third-order valence-corrected chi connectivity index (χ3v) is 0.351. The molecule has 0 aromatic rings. The van der Waals surface area contributed by atoms with Gasteiger partial charge >= 0.3 is 0 Å². The Kier molecular flexibility index (Phi) is 3.07. The molecule has 0 bridgehead atoms. The molecule has 0 fully saturated rings. The first-order valence-corrected chi connectivity index (χ1v) is 1.96. The molecule has 0 saturated carbocycles. The highest BCUT2D eigenvalue weighted by Gasteiger charge is 1.77. The SMILES string of the molecule is O=COC(=S)S. The summed E-state index contributed by atoms with van der Waals surface area (Å²) >= 11 is 7.66. The van der Waals surface area contributed by atoms with Gasteiger partial charge in [0.2, 0.25) is 4.38 Å². The van der Waals surface area contributed by atoms with Crippen molar-refractivity contribution in [2.75, 3.05) is 0 Å². The predicted molar refractivity (Wildman–Crippen MR) is 28.7 cm³/mol. The monoisotopic (exact) mass is 122 g/mol. The van der Waals surface area contributed by atoms with Crippen LogP contribution in [0, 0.1) is 0 Å². The van der Waals surface area contributed by atoms with Crippen LogP contribution in [0.2, 0.25) is 0 Å². The molecule has 0 saturated heterocycles. The van der Waals surface area contributed by atoms with Crippen molar-refractivity contribution < 1.29 is 9.53 Å². The van der Waals surface area contributed by atoms with Gasteiger partial charge in [0.1, 0.15) is 0 Å². The molecular formula is C2H2O2S2. The summed E-state index contributed by atoms with van der Waals surface area (Å²) in [5.74, 6) is 0. The summed E-state index contributed by atoms with van der Waals surface area (Å²) < 4.78 is 3.91. The van der Waals surface area contributed by atoms with Gasteiger partial charge in [0.05, 0.1) is 0 Å². The lowest BCUT2D eigenvalue weighted by Gasteiger charge is -1.81. The lowest BCUT2D eigenvalue weighted by molar-refractivity contribution is -0.121. The highest BCUT2D eigenvalue weighted by atomic mass is 32.1. The minimum absolute atomic E-state index is 0.0509. The molecule has 0 spiro atoms. The number of rotatable bonds is 1. The molecule has 0 aliphatic rings. The van der Waals surface area contributed by atoms with Crippen LogP contribution in [0.3, 0.4) is 0 Å². The lowest BCUT2D eigenvalue weighted by Crippen LogP contribution is -1.86. The van der Waals surface area contributed by atoms with E-state index in [0.29, 0.717) is 0 Å². The van der Waals surface area contributed by atoms with Crippen LogP contribution in [0.25, 0.3) is 0 Å². The zero-order chi connectivity index (χ0) is 4.99. The zero-order valence-electron chi connectivity index (χ0n) is 2.75. The standard InChI is InChI=1S/C2H2O2S2/c3-1-4-2(5)6/h1H,(H,5,6). The van der Waals surface area contributed by atoms with Crippen LogP contribution in [0.15, 0.2) is 0 Å². The molecule has 0 radical (unpaired) electrons. The second-order valence-electron chi connectivity index (χ2n) is 0.480. The molecule has 2 nitrogen and oxygen atoms in total. The molecule has 0 aliphatic heterocycles. The number of thiol groups is 1. The van der Waals surface area contributed by atoms with E-state index in [1.807, 2.05) is 0 Å². The van der Waals surface area contributed by atoms with E-state index in [9.17, 15) is 4.79 Å². The summed E-state index contributed by atoms with van der Waals surface area (Å²) in [7, 11) is 0. The van der Waals surface area contributed by atoms with Crippen LogP contribution in [-0.2, 0) is 9.53 Å². The van der Waals surface area contributed by atoms with E-state index in [0.717, 1.165) is 0 Å². The Morgan fingerprint density at radius 3 is 2.50 bits per heavy atom. The topological polar surface area (TPSA) is 26.3 Å². The third kappa shape index (κ3) is 3.91. The lowest BCUT2D eigenvalue weighted by atomic mass is 11.5. The fraction of sp³-hybridized carbons (Fsp3) is 0. The van der Waals surface area contributed by atoms with Gasteiger partial charge in [0.25, 0.3) is 6.47 Å². The van der Waals surface area contributed by atoms with Crippen molar-refractivity contribution in [1.82, 2.24) is 0 Å².